The van der Waals surface area contributed by atoms with Gasteiger partial charge in [-0.3, -0.25) is 9.89 Å². The van der Waals surface area contributed by atoms with Crippen LogP contribution >= 0.6 is 0 Å². The molecule has 1 aromatic carbocycles. The van der Waals surface area contributed by atoms with Crippen molar-refractivity contribution in [2.45, 2.75) is 19.9 Å². The number of amides is 1. The number of rotatable bonds is 4. The molecule has 0 radical (unpaired) electrons. The third kappa shape index (κ3) is 3.17. The van der Waals surface area contributed by atoms with E-state index in [-0.39, 0.29) is 11.9 Å². The molecule has 0 fully saturated rings. The van der Waals surface area contributed by atoms with E-state index in [1.807, 2.05) is 31.2 Å². The van der Waals surface area contributed by atoms with E-state index in [9.17, 15) is 4.79 Å². The van der Waals surface area contributed by atoms with Crippen LogP contribution in [0.1, 0.15) is 12.7 Å². The van der Waals surface area contributed by atoms with Crippen molar-refractivity contribution in [3.05, 3.63) is 30.1 Å². The molecule has 0 saturated carbocycles. The summed E-state index contributed by atoms with van der Waals surface area (Å²) >= 11 is 0. The number of anilines is 1. The van der Waals surface area contributed by atoms with Gasteiger partial charge in [0, 0.05) is 11.3 Å². The monoisotopic (exact) mass is 259 g/mol. The second-order valence-electron chi connectivity index (χ2n) is 4.32. The molecular weight excluding hydrogens is 242 g/mol. The van der Waals surface area contributed by atoms with Gasteiger partial charge in [-0.05, 0) is 33.0 Å². The molecule has 2 aromatic rings. The van der Waals surface area contributed by atoms with Crippen LogP contribution in [0.2, 0.25) is 0 Å². The Kier molecular flexibility index (Phi) is 3.91. The fraction of sp³-hybridized carbons (Fsp3) is 0.308. The maximum atomic E-state index is 11.8. The van der Waals surface area contributed by atoms with Crippen LogP contribution in [0.15, 0.2) is 24.3 Å². The Labute approximate surface area is 111 Å². The molecule has 3 N–H and O–H groups in total. The second-order valence-corrected chi connectivity index (χ2v) is 4.32. The Morgan fingerprint density at radius 2 is 2.21 bits per heavy atom. The first-order valence-corrected chi connectivity index (χ1v) is 6.07. The van der Waals surface area contributed by atoms with Crippen molar-refractivity contribution in [1.29, 1.82) is 0 Å². The molecule has 0 bridgehead atoms. The van der Waals surface area contributed by atoms with E-state index in [0.717, 1.165) is 17.1 Å². The lowest BCUT2D eigenvalue weighted by Crippen LogP contribution is -2.35. The standard InChI is InChI=1S/C13H17N5O/c1-8(14-3)13(19)16-11-6-4-5-10(7-11)12-15-9(2)17-18-12/h4-8,14H,1-3H3,(H,16,19)(H,15,17,18). The molecule has 1 unspecified atom stereocenters. The maximum Gasteiger partial charge on any atom is 0.241 e. The number of nitrogens with zero attached hydrogens (tertiary/aromatic N) is 2. The summed E-state index contributed by atoms with van der Waals surface area (Å²) in [7, 11) is 1.75. The van der Waals surface area contributed by atoms with E-state index in [1.54, 1.807) is 14.0 Å². The molecule has 2 rings (SSSR count). The molecule has 0 aliphatic heterocycles. The molecule has 0 aliphatic carbocycles. The van der Waals surface area contributed by atoms with Crippen LogP contribution in [-0.2, 0) is 4.79 Å². The summed E-state index contributed by atoms with van der Waals surface area (Å²) in [5.74, 6) is 1.30. The molecule has 1 heterocycles. The molecule has 1 atom stereocenters. The van der Waals surface area contributed by atoms with Crippen LogP contribution in [0.25, 0.3) is 11.4 Å². The smallest absolute Gasteiger partial charge is 0.241 e. The van der Waals surface area contributed by atoms with Gasteiger partial charge in [0.1, 0.15) is 5.82 Å². The third-order valence-electron chi connectivity index (χ3n) is 2.81. The van der Waals surface area contributed by atoms with Crippen molar-refractivity contribution in [3.8, 4) is 11.4 Å². The number of carbonyl (C=O) groups excluding carboxylic acids is 1. The molecule has 100 valence electrons. The number of H-pyrrole nitrogens is 1. The fourth-order valence-electron chi connectivity index (χ4n) is 1.59. The highest BCUT2D eigenvalue weighted by atomic mass is 16.2. The Balaban J connectivity index is 2.18. The van der Waals surface area contributed by atoms with E-state index in [2.05, 4.69) is 25.8 Å². The second kappa shape index (κ2) is 5.62. The lowest BCUT2D eigenvalue weighted by atomic mass is 10.2. The first kappa shape index (κ1) is 13.2. The number of aromatic amines is 1. The van der Waals surface area contributed by atoms with Crippen LogP contribution in [0.4, 0.5) is 5.69 Å². The summed E-state index contributed by atoms with van der Waals surface area (Å²) in [6, 6.07) is 7.21. The van der Waals surface area contributed by atoms with Crippen LogP contribution in [-0.4, -0.2) is 34.2 Å². The van der Waals surface area contributed by atoms with Gasteiger partial charge in [0.2, 0.25) is 5.91 Å². The number of nitrogens with one attached hydrogen (secondary N) is 3. The molecule has 0 aliphatic rings. The van der Waals surface area contributed by atoms with Gasteiger partial charge in [0.15, 0.2) is 5.82 Å². The van der Waals surface area contributed by atoms with E-state index >= 15 is 0 Å². The Bertz CT molecular complexity index is 578. The third-order valence-corrected chi connectivity index (χ3v) is 2.81. The van der Waals surface area contributed by atoms with E-state index in [1.165, 1.54) is 0 Å². The SMILES string of the molecule is CNC(C)C(=O)Nc1cccc(-c2n[nH]c(C)n2)c1. The van der Waals surface area contributed by atoms with Crippen molar-refractivity contribution < 1.29 is 4.79 Å². The predicted octanol–water partition coefficient (Wildman–Crippen LogP) is 1.33. The van der Waals surface area contributed by atoms with Crippen LogP contribution < -0.4 is 10.6 Å². The molecule has 6 nitrogen and oxygen atoms in total. The van der Waals surface area contributed by atoms with Gasteiger partial charge < -0.3 is 10.6 Å². The largest absolute Gasteiger partial charge is 0.325 e. The van der Waals surface area contributed by atoms with Crippen LogP contribution in [0.3, 0.4) is 0 Å². The Morgan fingerprint density at radius 3 is 2.84 bits per heavy atom. The number of aryl methyl sites for hydroxylation is 1. The molecule has 1 amide bonds. The number of carbonyl (C=O) groups is 1. The number of hydrogen-bond donors (Lipinski definition) is 3. The number of hydrogen-bond acceptors (Lipinski definition) is 4. The molecular formula is C13H17N5O. The number of aromatic nitrogens is 3. The first-order chi connectivity index (χ1) is 9.10. The lowest BCUT2D eigenvalue weighted by molar-refractivity contribution is -0.117. The van der Waals surface area contributed by atoms with Gasteiger partial charge in [-0.15, -0.1) is 0 Å². The average Bonchev–Trinajstić information content (AvgIpc) is 2.84. The van der Waals surface area contributed by atoms with Crippen molar-refractivity contribution in [2.75, 3.05) is 12.4 Å². The minimum absolute atomic E-state index is 0.0779. The summed E-state index contributed by atoms with van der Waals surface area (Å²) in [4.78, 5) is 16.0. The quantitative estimate of drug-likeness (QED) is 0.773. The normalized spacial score (nSPS) is 12.2. The van der Waals surface area contributed by atoms with Crippen molar-refractivity contribution in [1.82, 2.24) is 20.5 Å². The summed E-state index contributed by atoms with van der Waals surface area (Å²) in [6.07, 6.45) is 0. The van der Waals surface area contributed by atoms with Crippen molar-refractivity contribution >= 4 is 11.6 Å². The van der Waals surface area contributed by atoms with E-state index < -0.39 is 0 Å². The topological polar surface area (TPSA) is 82.7 Å². The summed E-state index contributed by atoms with van der Waals surface area (Å²) in [5, 5.41) is 12.6. The number of likely N-dealkylation sites (N-methyl/N-ethyl adjacent to an activating group) is 1. The summed E-state index contributed by atoms with van der Waals surface area (Å²) < 4.78 is 0. The number of benzene rings is 1. The zero-order valence-corrected chi connectivity index (χ0v) is 11.2. The predicted molar refractivity (Wildman–Crippen MR) is 73.7 cm³/mol. The highest BCUT2D eigenvalue weighted by molar-refractivity contribution is 5.94. The van der Waals surface area contributed by atoms with Gasteiger partial charge in [-0.2, -0.15) is 5.10 Å². The Hall–Kier alpha value is -2.21. The van der Waals surface area contributed by atoms with Gasteiger partial charge in [-0.25, -0.2) is 4.98 Å². The molecule has 1 aromatic heterocycles. The van der Waals surface area contributed by atoms with E-state index in [4.69, 9.17) is 0 Å². The van der Waals surface area contributed by atoms with Crippen molar-refractivity contribution in [2.24, 2.45) is 0 Å². The maximum absolute atomic E-state index is 11.8. The van der Waals surface area contributed by atoms with Crippen LogP contribution in [0, 0.1) is 6.92 Å². The molecule has 0 saturated heterocycles. The first-order valence-electron chi connectivity index (χ1n) is 6.07. The zero-order valence-electron chi connectivity index (χ0n) is 11.2. The van der Waals surface area contributed by atoms with Crippen LogP contribution in [0.5, 0.6) is 0 Å². The highest BCUT2D eigenvalue weighted by Crippen LogP contribution is 2.19. The summed E-state index contributed by atoms with van der Waals surface area (Å²) in [6.45, 7) is 3.65. The summed E-state index contributed by atoms with van der Waals surface area (Å²) in [5.41, 5.74) is 1.59. The fourth-order valence-corrected chi connectivity index (χ4v) is 1.59. The van der Waals surface area contributed by atoms with Gasteiger partial charge in [0.05, 0.1) is 6.04 Å². The lowest BCUT2D eigenvalue weighted by Gasteiger charge is -2.11. The molecule has 0 spiro atoms. The van der Waals surface area contributed by atoms with Gasteiger partial charge in [0.25, 0.3) is 0 Å². The minimum Gasteiger partial charge on any atom is -0.325 e. The van der Waals surface area contributed by atoms with Gasteiger partial charge in [-0.1, -0.05) is 12.1 Å². The Morgan fingerprint density at radius 1 is 1.42 bits per heavy atom. The van der Waals surface area contributed by atoms with Gasteiger partial charge >= 0.3 is 0 Å². The average molecular weight is 259 g/mol. The molecule has 19 heavy (non-hydrogen) atoms. The van der Waals surface area contributed by atoms with Crippen molar-refractivity contribution in [3.63, 3.8) is 0 Å². The zero-order chi connectivity index (χ0) is 13.8. The minimum atomic E-state index is -0.241. The molecule has 6 heteroatoms. The highest BCUT2D eigenvalue weighted by Gasteiger charge is 2.11. The van der Waals surface area contributed by atoms with E-state index in [0.29, 0.717) is 5.82 Å².